The fourth-order valence-electron chi connectivity index (χ4n) is 9.85. The van der Waals surface area contributed by atoms with Crippen LogP contribution in [0.15, 0.2) is 206 Å². The van der Waals surface area contributed by atoms with E-state index in [0.717, 1.165) is 12.8 Å². The van der Waals surface area contributed by atoms with Gasteiger partial charge in [0.1, 0.15) is 0 Å². The van der Waals surface area contributed by atoms with Crippen LogP contribution in [0, 0.1) is 6.92 Å². The standard InChI is InChI=1S/C60H44S2/c1-4-6-20-40(18-5-2)56(43-23-11-10-19-38(43)3)48-28-16-30-54-59(48)60-49(29-17-31-55(60)62-54)58-46-26-14-12-24-44(46)57(45-25-13-15-27-47(45)58)42-33-35-53-51(37-42)50-36-41(32-34-52(50)61-53)39-21-8-7-9-22-39/h4,6-17,19-37H,1,5,18H2,2-3H3/b20-6-,56-40-. The molecule has 11 aromatic rings. The molecule has 296 valence electrons. The number of benzene rings is 9. The van der Waals surface area contributed by atoms with E-state index in [2.05, 4.69) is 209 Å². The number of fused-ring (bicyclic) bond motifs is 8. The highest BCUT2D eigenvalue weighted by molar-refractivity contribution is 7.26. The van der Waals surface area contributed by atoms with E-state index in [1.54, 1.807) is 0 Å². The van der Waals surface area contributed by atoms with E-state index in [4.69, 9.17) is 0 Å². The lowest BCUT2D eigenvalue weighted by atomic mass is 9.83. The molecule has 0 radical (unpaired) electrons. The van der Waals surface area contributed by atoms with Crippen molar-refractivity contribution in [2.24, 2.45) is 0 Å². The predicted molar refractivity (Wildman–Crippen MR) is 275 cm³/mol. The molecule has 0 fully saturated rings. The first-order valence-electron chi connectivity index (χ1n) is 21.6. The van der Waals surface area contributed by atoms with E-state index < -0.39 is 0 Å². The van der Waals surface area contributed by atoms with Crippen LogP contribution in [0.5, 0.6) is 0 Å². The molecule has 0 saturated heterocycles. The largest absolute Gasteiger partial charge is 0.135 e. The van der Waals surface area contributed by atoms with Gasteiger partial charge in [-0.2, -0.15) is 0 Å². The molecule has 0 saturated carbocycles. The van der Waals surface area contributed by atoms with Gasteiger partial charge in [0.15, 0.2) is 0 Å². The fourth-order valence-corrected chi connectivity index (χ4v) is 12.1. The first kappa shape index (κ1) is 38.1. The van der Waals surface area contributed by atoms with Gasteiger partial charge in [-0.25, -0.2) is 0 Å². The van der Waals surface area contributed by atoms with Gasteiger partial charge in [-0.1, -0.05) is 178 Å². The topological polar surface area (TPSA) is 0 Å². The van der Waals surface area contributed by atoms with Crippen molar-refractivity contribution < 1.29 is 0 Å². The van der Waals surface area contributed by atoms with Crippen molar-refractivity contribution in [3.05, 3.63) is 223 Å². The second-order valence-corrected chi connectivity index (χ2v) is 18.4. The zero-order valence-electron chi connectivity index (χ0n) is 34.9. The van der Waals surface area contributed by atoms with Crippen LogP contribution >= 0.6 is 22.7 Å². The molecular weight excluding hydrogens is 785 g/mol. The maximum absolute atomic E-state index is 4.05. The van der Waals surface area contributed by atoms with E-state index in [1.165, 1.54) is 123 Å². The molecule has 11 rings (SSSR count). The zero-order chi connectivity index (χ0) is 41.7. The Labute approximate surface area is 371 Å². The summed E-state index contributed by atoms with van der Waals surface area (Å²) in [7, 11) is 0. The van der Waals surface area contributed by atoms with E-state index >= 15 is 0 Å². The average molecular weight is 829 g/mol. The second-order valence-electron chi connectivity index (χ2n) is 16.3. The van der Waals surface area contributed by atoms with Gasteiger partial charge in [0.2, 0.25) is 0 Å². The van der Waals surface area contributed by atoms with Crippen LogP contribution in [0.25, 0.3) is 101 Å². The number of thiophene rings is 2. The van der Waals surface area contributed by atoms with Crippen molar-refractivity contribution in [1.82, 2.24) is 0 Å². The van der Waals surface area contributed by atoms with Crippen LogP contribution in [0.4, 0.5) is 0 Å². The summed E-state index contributed by atoms with van der Waals surface area (Å²) in [6, 6.07) is 65.7. The van der Waals surface area contributed by atoms with Gasteiger partial charge in [0.05, 0.1) is 0 Å². The van der Waals surface area contributed by atoms with Crippen LogP contribution in [-0.2, 0) is 0 Å². The van der Waals surface area contributed by atoms with E-state index in [0.29, 0.717) is 0 Å². The summed E-state index contributed by atoms with van der Waals surface area (Å²) in [5.74, 6) is 0. The van der Waals surface area contributed by atoms with Crippen LogP contribution < -0.4 is 0 Å². The van der Waals surface area contributed by atoms with Crippen molar-refractivity contribution in [2.75, 3.05) is 0 Å². The molecular formula is C60H44S2. The second kappa shape index (κ2) is 15.9. The minimum Gasteiger partial charge on any atom is -0.135 e. The molecule has 2 aromatic heterocycles. The van der Waals surface area contributed by atoms with Gasteiger partial charge in [-0.15, -0.1) is 22.7 Å². The molecule has 0 unspecified atom stereocenters. The lowest BCUT2D eigenvalue weighted by Crippen LogP contribution is -1.97. The monoisotopic (exact) mass is 828 g/mol. The van der Waals surface area contributed by atoms with Crippen LogP contribution in [-0.4, -0.2) is 0 Å². The Morgan fingerprint density at radius 3 is 1.73 bits per heavy atom. The molecule has 0 aliphatic rings. The molecule has 0 nitrogen and oxygen atoms in total. The molecule has 0 bridgehead atoms. The third-order valence-electron chi connectivity index (χ3n) is 12.5. The first-order valence-corrected chi connectivity index (χ1v) is 23.2. The van der Waals surface area contributed by atoms with E-state index in [-0.39, 0.29) is 0 Å². The Morgan fingerprint density at radius 1 is 0.484 bits per heavy atom. The van der Waals surface area contributed by atoms with Crippen molar-refractivity contribution in [2.45, 2.75) is 26.7 Å². The summed E-state index contributed by atoms with van der Waals surface area (Å²) in [6.07, 6.45) is 8.29. The molecule has 9 aromatic carbocycles. The van der Waals surface area contributed by atoms with E-state index in [9.17, 15) is 0 Å². The molecule has 2 heterocycles. The smallest absolute Gasteiger partial charge is 0.0361 e. The minimum absolute atomic E-state index is 0.969. The maximum atomic E-state index is 4.05. The van der Waals surface area contributed by atoms with Gasteiger partial charge in [-0.05, 0) is 133 Å². The third kappa shape index (κ3) is 6.33. The molecule has 62 heavy (non-hydrogen) atoms. The van der Waals surface area contributed by atoms with Crippen molar-refractivity contribution in [3.63, 3.8) is 0 Å². The van der Waals surface area contributed by atoms with Gasteiger partial charge in [-0.3, -0.25) is 0 Å². The summed E-state index contributed by atoms with van der Waals surface area (Å²) >= 11 is 3.78. The molecule has 0 aliphatic heterocycles. The highest BCUT2D eigenvalue weighted by atomic mass is 32.1. The number of rotatable bonds is 9. The Kier molecular flexibility index (Phi) is 9.76. The highest BCUT2D eigenvalue weighted by Crippen LogP contribution is 2.50. The Bertz CT molecular complexity index is 3550. The van der Waals surface area contributed by atoms with Crippen LogP contribution in [0.2, 0.25) is 0 Å². The zero-order valence-corrected chi connectivity index (χ0v) is 36.5. The molecule has 0 amide bonds. The Balaban J connectivity index is 1.20. The number of hydrogen-bond donors (Lipinski definition) is 0. The highest BCUT2D eigenvalue weighted by Gasteiger charge is 2.23. The number of allylic oxidation sites excluding steroid dienone is 4. The summed E-state index contributed by atoms with van der Waals surface area (Å²) < 4.78 is 5.23. The average Bonchev–Trinajstić information content (AvgIpc) is 3.89. The molecule has 0 aliphatic carbocycles. The van der Waals surface area contributed by atoms with Crippen LogP contribution in [0.1, 0.15) is 36.5 Å². The van der Waals surface area contributed by atoms with Gasteiger partial charge in [0, 0.05) is 40.3 Å². The van der Waals surface area contributed by atoms with Gasteiger partial charge >= 0.3 is 0 Å². The predicted octanol–water partition coefficient (Wildman–Crippen LogP) is 18.4. The lowest BCUT2D eigenvalue weighted by molar-refractivity contribution is 0.928. The molecule has 0 spiro atoms. The number of hydrogen-bond acceptors (Lipinski definition) is 2. The van der Waals surface area contributed by atoms with Crippen molar-refractivity contribution in [3.8, 4) is 33.4 Å². The minimum atomic E-state index is 0.969. The van der Waals surface area contributed by atoms with Gasteiger partial charge in [0.25, 0.3) is 0 Å². The Morgan fingerprint density at radius 2 is 1.05 bits per heavy atom. The van der Waals surface area contributed by atoms with Crippen molar-refractivity contribution >= 4 is 90.1 Å². The fraction of sp³-hybridized carbons (Fsp3) is 0.0667. The third-order valence-corrected chi connectivity index (χ3v) is 14.8. The van der Waals surface area contributed by atoms with E-state index in [1.807, 2.05) is 28.7 Å². The quantitative estimate of drug-likeness (QED) is 0.100. The van der Waals surface area contributed by atoms with Crippen LogP contribution in [0.3, 0.4) is 0 Å². The summed E-state index contributed by atoms with van der Waals surface area (Å²) in [5.41, 5.74) is 14.1. The number of aryl methyl sites for hydroxylation is 1. The summed E-state index contributed by atoms with van der Waals surface area (Å²) in [4.78, 5) is 0. The summed E-state index contributed by atoms with van der Waals surface area (Å²) in [6.45, 7) is 8.57. The Hall–Kier alpha value is -6.84. The molecule has 2 heteroatoms. The van der Waals surface area contributed by atoms with Crippen molar-refractivity contribution in [1.29, 1.82) is 0 Å². The normalized spacial score (nSPS) is 12.4. The SMILES string of the molecule is C=C/C=C\C(CCC)=C(\c1ccccc1C)c1cccc2sc3cccc(-c4c5ccccc5c(-c5ccc6sc7ccc(-c8ccccc8)cc7c6c5)c5ccccc45)c3c12. The lowest BCUT2D eigenvalue weighted by Gasteiger charge is -2.20. The molecule has 0 atom stereocenters. The maximum Gasteiger partial charge on any atom is 0.0361 e. The molecule has 0 N–H and O–H groups in total. The first-order chi connectivity index (χ1) is 30.6. The summed E-state index contributed by atoms with van der Waals surface area (Å²) in [5, 5.41) is 10.3. The van der Waals surface area contributed by atoms with Gasteiger partial charge < -0.3 is 0 Å².